The molecule has 0 radical (unpaired) electrons. The largest absolute Gasteiger partial charge is 0.347 e. The van der Waals surface area contributed by atoms with Crippen molar-refractivity contribution < 1.29 is 9.47 Å². The first kappa shape index (κ1) is 5.55. The monoisotopic (exact) mass is 152 g/mol. The molecule has 1 spiro atoms. The molecule has 0 bridgehead atoms. The van der Waals surface area contributed by atoms with E-state index in [1.54, 1.807) is 0 Å². The van der Waals surface area contributed by atoms with Gasteiger partial charge in [0, 0.05) is 12.3 Å². The molecule has 0 N–H and O–H groups in total. The average Bonchev–Trinajstić information content (AvgIpc) is 2.39. The molecule has 1 saturated heterocycles. The molecule has 3 aliphatic carbocycles. The first-order valence-electron chi connectivity index (χ1n) is 4.69. The molecule has 0 aromatic carbocycles. The van der Waals surface area contributed by atoms with Crippen LogP contribution in [0.2, 0.25) is 0 Å². The van der Waals surface area contributed by atoms with Crippen molar-refractivity contribution in [2.75, 3.05) is 13.2 Å². The zero-order valence-corrected chi connectivity index (χ0v) is 6.45. The fraction of sp³-hybridized carbons (Fsp3) is 1.00. The van der Waals surface area contributed by atoms with Crippen LogP contribution in [-0.4, -0.2) is 19.0 Å². The van der Waals surface area contributed by atoms with Gasteiger partial charge < -0.3 is 9.47 Å². The molecule has 11 heavy (non-hydrogen) atoms. The molecular weight excluding hydrogens is 140 g/mol. The Hall–Kier alpha value is -0.0800. The molecule has 1 heterocycles. The molecule has 4 aliphatic rings. The Bertz CT molecular complexity index is 220. The molecular formula is C9H12O2. The van der Waals surface area contributed by atoms with Crippen molar-refractivity contribution in [1.29, 1.82) is 0 Å². The van der Waals surface area contributed by atoms with Gasteiger partial charge in [-0.3, -0.25) is 0 Å². The minimum Gasteiger partial charge on any atom is -0.347 e. The summed E-state index contributed by atoms with van der Waals surface area (Å²) in [5.74, 6) is 3.76. The third kappa shape index (κ3) is 0.433. The Labute approximate surface area is 65.9 Å². The van der Waals surface area contributed by atoms with Crippen LogP contribution in [0.15, 0.2) is 0 Å². The number of rotatable bonds is 0. The molecule has 3 saturated carbocycles. The van der Waals surface area contributed by atoms with Gasteiger partial charge in [0.05, 0.1) is 13.2 Å². The highest BCUT2D eigenvalue weighted by atomic mass is 16.7. The normalized spacial score (nSPS) is 61.1. The van der Waals surface area contributed by atoms with E-state index in [0.717, 1.165) is 36.9 Å². The zero-order valence-electron chi connectivity index (χ0n) is 6.45. The lowest BCUT2D eigenvalue weighted by Gasteiger charge is -2.33. The van der Waals surface area contributed by atoms with Crippen molar-refractivity contribution >= 4 is 0 Å². The Morgan fingerprint density at radius 1 is 1.18 bits per heavy atom. The van der Waals surface area contributed by atoms with Crippen molar-refractivity contribution in [2.45, 2.75) is 18.6 Å². The van der Waals surface area contributed by atoms with E-state index in [9.17, 15) is 0 Å². The Balaban J connectivity index is 1.75. The molecule has 4 rings (SSSR count). The van der Waals surface area contributed by atoms with E-state index in [2.05, 4.69) is 0 Å². The SMILES string of the molecule is C1COC2(CC3CC4C3C42)O1. The molecule has 0 aromatic rings. The molecule has 60 valence electrons. The third-order valence-corrected chi connectivity index (χ3v) is 4.18. The smallest absolute Gasteiger partial charge is 0.172 e. The van der Waals surface area contributed by atoms with Crippen molar-refractivity contribution in [3.05, 3.63) is 0 Å². The Morgan fingerprint density at radius 3 is 2.55 bits per heavy atom. The highest BCUT2D eigenvalue weighted by Crippen LogP contribution is 2.77. The number of hydrogen-bond donors (Lipinski definition) is 0. The summed E-state index contributed by atoms with van der Waals surface area (Å²) in [5.41, 5.74) is 0. The first-order valence-corrected chi connectivity index (χ1v) is 4.69. The topological polar surface area (TPSA) is 18.5 Å². The molecule has 0 aromatic heterocycles. The summed E-state index contributed by atoms with van der Waals surface area (Å²) in [6, 6.07) is 0. The van der Waals surface area contributed by atoms with Gasteiger partial charge in [-0.05, 0) is 24.2 Å². The van der Waals surface area contributed by atoms with Crippen molar-refractivity contribution in [3.63, 3.8) is 0 Å². The van der Waals surface area contributed by atoms with Crippen LogP contribution in [0.1, 0.15) is 12.8 Å². The summed E-state index contributed by atoms with van der Waals surface area (Å²) in [6.07, 6.45) is 2.68. The van der Waals surface area contributed by atoms with Gasteiger partial charge in [-0.2, -0.15) is 0 Å². The quantitative estimate of drug-likeness (QED) is 0.516. The van der Waals surface area contributed by atoms with Crippen LogP contribution in [0.5, 0.6) is 0 Å². The Kier molecular flexibility index (Phi) is 0.695. The van der Waals surface area contributed by atoms with Crippen LogP contribution in [0.3, 0.4) is 0 Å². The minimum absolute atomic E-state index is 0.0573. The van der Waals surface area contributed by atoms with Crippen molar-refractivity contribution in [3.8, 4) is 0 Å². The molecule has 0 amide bonds. The highest BCUT2D eigenvalue weighted by molar-refractivity contribution is 5.22. The van der Waals surface area contributed by atoms with Crippen molar-refractivity contribution in [2.24, 2.45) is 23.7 Å². The van der Waals surface area contributed by atoms with E-state index in [1.807, 2.05) is 0 Å². The van der Waals surface area contributed by atoms with Gasteiger partial charge in [0.1, 0.15) is 0 Å². The predicted molar refractivity (Wildman–Crippen MR) is 37.8 cm³/mol. The van der Waals surface area contributed by atoms with Crippen LogP contribution in [-0.2, 0) is 9.47 Å². The average molecular weight is 152 g/mol. The molecule has 2 heteroatoms. The second-order valence-electron chi connectivity index (χ2n) is 4.48. The minimum atomic E-state index is -0.0573. The Morgan fingerprint density at radius 2 is 2.00 bits per heavy atom. The van der Waals surface area contributed by atoms with Crippen LogP contribution in [0.4, 0.5) is 0 Å². The summed E-state index contributed by atoms with van der Waals surface area (Å²) < 4.78 is 11.5. The van der Waals surface area contributed by atoms with Crippen molar-refractivity contribution in [1.82, 2.24) is 0 Å². The lowest BCUT2D eigenvalue weighted by molar-refractivity contribution is -0.183. The first-order chi connectivity index (χ1) is 5.41. The van der Waals surface area contributed by atoms with E-state index >= 15 is 0 Å². The van der Waals surface area contributed by atoms with Crippen LogP contribution in [0, 0.1) is 23.7 Å². The van der Waals surface area contributed by atoms with Gasteiger partial charge in [0.15, 0.2) is 5.79 Å². The summed E-state index contributed by atoms with van der Waals surface area (Å²) in [5, 5.41) is 0. The van der Waals surface area contributed by atoms with E-state index in [1.165, 1.54) is 12.8 Å². The molecule has 2 nitrogen and oxygen atoms in total. The maximum atomic E-state index is 5.73. The summed E-state index contributed by atoms with van der Waals surface area (Å²) in [4.78, 5) is 0. The fourth-order valence-corrected chi connectivity index (χ4v) is 3.78. The predicted octanol–water partition coefficient (Wildman–Crippen LogP) is 1.02. The molecule has 4 atom stereocenters. The molecule has 4 fully saturated rings. The summed E-state index contributed by atoms with van der Waals surface area (Å²) >= 11 is 0. The van der Waals surface area contributed by atoms with E-state index in [0.29, 0.717) is 0 Å². The maximum Gasteiger partial charge on any atom is 0.172 e. The number of hydrogen-bond acceptors (Lipinski definition) is 2. The molecule has 4 unspecified atom stereocenters. The highest BCUT2D eigenvalue weighted by Gasteiger charge is 2.78. The third-order valence-electron chi connectivity index (χ3n) is 4.18. The van der Waals surface area contributed by atoms with Gasteiger partial charge >= 0.3 is 0 Å². The lowest BCUT2D eigenvalue weighted by Crippen LogP contribution is -2.36. The van der Waals surface area contributed by atoms with Gasteiger partial charge in [-0.1, -0.05) is 0 Å². The van der Waals surface area contributed by atoms with E-state index in [-0.39, 0.29) is 5.79 Å². The van der Waals surface area contributed by atoms with Gasteiger partial charge in [0.2, 0.25) is 0 Å². The van der Waals surface area contributed by atoms with Crippen LogP contribution >= 0.6 is 0 Å². The fourth-order valence-electron chi connectivity index (χ4n) is 3.78. The van der Waals surface area contributed by atoms with Crippen LogP contribution in [0.25, 0.3) is 0 Å². The van der Waals surface area contributed by atoms with Gasteiger partial charge in [0.25, 0.3) is 0 Å². The van der Waals surface area contributed by atoms with Gasteiger partial charge in [-0.15, -0.1) is 0 Å². The molecule has 1 aliphatic heterocycles. The van der Waals surface area contributed by atoms with E-state index < -0.39 is 0 Å². The maximum absolute atomic E-state index is 5.73. The number of ether oxygens (including phenoxy) is 2. The zero-order chi connectivity index (χ0) is 7.05. The summed E-state index contributed by atoms with van der Waals surface area (Å²) in [6.45, 7) is 1.67. The van der Waals surface area contributed by atoms with E-state index in [4.69, 9.17) is 9.47 Å². The van der Waals surface area contributed by atoms with Gasteiger partial charge in [-0.25, -0.2) is 0 Å². The number of fused-ring (bicyclic) bond motifs is 2. The standard InChI is InChI=1S/C9H12O2/c1-2-11-9(10-1)4-5-3-6-7(5)8(6)9/h5-8H,1-4H2. The second kappa shape index (κ2) is 1.38. The van der Waals surface area contributed by atoms with Crippen LogP contribution < -0.4 is 0 Å². The lowest BCUT2D eigenvalue weighted by atomic mass is 9.80. The second-order valence-corrected chi connectivity index (χ2v) is 4.48. The summed E-state index contributed by atoms with van der Waals surface area (Å²) in [7, 11) is 0.